The maximum atomic E-state index is 11.3. The number of aryl methyl sites for hydroxylation is 1. The first-order valence-electron chi connectivity index (χ1n) is 7.23. The number of carbonyl (C=O) groups excluding carboxylic acids is 1. The molecule has 6 heteroatoms. The molecule has 1 N–H and O–H groups in total. The standard InChI is InChI=1S/C14H23N3O2S/c1-3-19-13(18)7-4-11-10-20-14(16-11)15-8-9-17(2)12-5-6-12/h10,12H,3-9H2,1-2H3,(H,15,16). The smallest absolute Gasteiger partial charge is 0.306 e. The Kier molecular flexibility index (Phi) is 5.79. The number of nitrogens with one attached hydrogen (secondary N) is 1. The fraction of sp³-hybridized carbons (Fsp3) is 0.714. The topological polar surface area (TPSA) is 54.5 Å². The van der Waals surface area contributed by atoms with Gasteiger partial charge in [-0.25, -0.2) is 4.98 Å². The molecule has 0 atom stereocenters. The number of thiazole rings is 1. The zero-order chi connectivity index (χ0) is 14.4. The van der Waals surface area contributed by atoms with Gasteiger partial charge in [0.05, 0.1) is 18.7 Å². The third kappa shape index (κ3) is 5.09. The number of hydrogen-bond donors (Lipinski definition) is 1. The molecule has 0 bridgehead atoms. The number of aromatic nitrogens is 1. The van der Waals surface area contributed by atoms with Crippen LogP contribution in [0.1, 0.15) is 31.9 Å². The van der Waals surface area contributed by atoms with E-state index in [1.807, 2.05) is 12.3 Å². The molecule has 1 heterocycles. The molecule has 5 nitrogen and oxygen atoms in total. The van der Waals surface area contributed by atoms with Gasteiger partial charge in [-0.15, -0.1) is 11.3 Å². The molecule has 0 aliphatic heterocycles. The summed E-state index contributed by atoms with van der Waals surface area (Å²) < 4.78 is 4.91. The van der Waals surface area contributed by atoms with Crippen molar-refractivity contribution < 1.29 is 9.53 Å². The average molecular weight is 297 g/mol. The Labute approximate surface area is 124 Å². The third-order valence-corrected chi connectivity index (χ3v) is 4.20. The minimum absolute atomic E-state index is 0.152. The summed E-state index contributed by atoms with van der Waals surface area (Å²) in [6.07, 6.45) is 3.73. The highest BCUT2D eigenvalue weighted by Crippen LogP contribution is 2.24. The van der Waals surface area contributed by atoms with Gasteiger partial charge in [0, 0.05) is 30.9 Å². The molecule has 0 unspecified atom stereocenters. The van der Waals surface area contributed by atoms with Crippen molar-refractivity contribution >= 4 is 22.4 Å². The van der Waals surface area contributed by atoms with E-state index in [1.165, 1.54) is 12.8 Å². The van der Waals surface area contributed by atoms with Gasteiger partial charge in [0.2, 0.25) is 0 Å². The highest BCUT2D eigenvalue weighted by molar-refractivity contribution is 7.13. The Morgan fingerprint density at radius 1 is 1.60 bits per heavy atom. The molecule has 1 aliphatic carbocycles. The van der Waals surface area contributed by atoms with E-state index in [0.717, 1.165) is 30.0 Å². The number of hydrogen-bond acceptors (Lipinski definition) is 6. The number of carbonyl (C=O) groups is 1. The fourth-order valence-electron chi connectivity index (χ4n) is 2.00. The first kappa shape index (κ1) is 15.3. The maximum Gasteiger partial charge on any atom is 0.306 e. The van der Waals surface area contributed by atoms with Crippen molar-refractivity contribution in [3.63, 3.8) is 0 Å². The van der Waals surface area contributed by atoms with Gasteiger partial charge in [0.15, 0.2) is 5.13 Å². The van der Waals surface area contributed by atoms with Gasteiger partial charge in [0.1, 0.15) is 0 Å². The van der Waals surface area contributed by atoms with Gasteiger partial charge in [0.25, 0.3) is 0 Å². The molecule has 112 valence electrons. The van der Waals surface area contributed by atoms with Crippen molar-refractivity contribution in [2.24, 2.45) is 0 Å². The summed E-state index contributed by atoms with van der Waals surface area (Å²) in [6.45, 7) is 4.22. The van der Waals surface area contributed by atoms with Crippen LogP contribution in [0, 0.1) is 0 Å². The minimum atomic E-state index is -0.152. The second-order valence-corrected chi connectivity index (χ2v) is 5.95. The van der Waals surface area contributed by atoms with E-state index in [2.05, 4.69) is 22.2 Å². The molecule has 0 aromatic carbocycles. The van der Waals surface area contributed by atoms with Crippen LogP contribution in [0.4, 0.5) is 5.13 Å². The summed E-state index contributed by atoms with van der Waals surface area (Å²) in [5, 5.41) is 6.29. The Morgan fingerprint density at radius 2 is 2.40 bits per heavy atom. The Hall–Kier alpha value is -1.14. The van der Waals surface area contributed by atoms with Crippen molar-refractivity contribution in [3.05, 3.63) is 11.1 Å². The lowest BCUT2D eigenvalue weighted by Crippen LogP contribution is -2.26. The summed E-state index contributed by atoms with van der Waals surface area (Å²) >= 11 is 1.60. The Morgan fingerprint density at radius 3 is 3.10 bits per heavy atom. The second kappa shape index (κ2) is 7.59. The van der Waals surface area contributed by atoms with E-state index in [9.17, 15) is 4.79 Å². The van der Waals surface area contributed by atoms with E-state index in [-0.39, 0.29) is 5.97 Å². The van der Waals surface area contributed by atoms with Crippen LogP contribution in [0.25, 0.3) is 0 Å². The number of rotatable bonds is 9. The fourth-order valence-corrected chi connectivity index (χ4v) is 2.78. The Bertz CT molecular complexity index is 432. The molecule has 0 radical (unpaired) electrons. The minimum Gasteiger partial charge on any atom is -0.466 e. The van der Waals surface area contributed by atoms with Crippen molar-refractivity contribution in [1.29, 1.82) is 0 Å². The normalized spacial score (nSPS) is 14.6. The molecule has 0 saturated heterocycles. The van der Waals surface area contributed by atoms with Gasteiger partial charge in [-0.1, -0.05) is 0 Å². The van der Waals surface area contributed by atoms with Crippen LogP contribution in [0.5, 0.6) is 0 Å². The monoisotopic (exact) mass is 297 g/mol. The number of ether oxygens (including phenoxy) is 1. The van der Waals surface area contributed by atoms with E-state index < -0.39 is 0 Å². The molecule has 1 fully saturated rings. The summed E-state index contributed by atoms with van der Waals surface area (Å²) in [5.74, 6) is -0.152. The lowest BCUT2D eigenvalue weighted by Gasteiger charge is -2.15. The van der Waals surface area contributed by atoms with Crippen LogP contribution in [0.3, 0.4) is 0 Å². The van der Waals surface area contributed by atoms with E-state index >= 15 is 0 Å². The van der Waals surface area contributed by atoms with Gasteiger partial charge in [-0.05, 0) is 26.8 Å². The van der Waals surface area contributed by atoms with Gasteiger partial charge in [-0.3, -0.25) is 4.79 Å². The number of anilines is 1. The summed E-state index contributed by atoms with van der Waals surface area (Å²) in [7, 11) is 2.17. The predicted molar refractivity (Wildman–Crippen MR) is 81.2 cm³/mol. The van der Waals surface area contributed by atoms with Crippen molar-refractivity contribution in [3.8, 4) is 0 Å². The van der Waals surface area contributed by atoms with E-state index in [0.29, 0.717) is 19.4 Å². The lowest BCUT2D eigenvalue weighted by molar-refractivity contribution is -0.143. The highest BCUT2D eigenvalue weighted by Gasteiger charge is 2.25. The van der Waals surface area contributed by atoms with Crippen molar-refractivity contribution in [2.45, 2.75) is 38.6 Å². The van der Waals surface area contributed by atoms with E-state index in [4.69, 9.17) is 4.74 Å². The van der Waals surface area contributed by atoms with Crippen LogP contribution < -0.4 is 5.32 Å². The SMILES string of the molecule is CCOC(=O)CCc1csc(NCCN(C)C2CC2)n1. The summed E-state index contributed by atoms with van der Waals surface area (Å²) in [4.78, 5) is 18.1. The summed E-state index contributed by atoms with van der Waals surface area (Å²) in [5.41, 5.74) is 0.959. The second-order valence-electron chi connectivity index (χ2n) is 5.09. The molecular formula is C14H23N3O2S. The van der Waals surface area contributed by atoms with Crippen LogP contribution in [0.2, 0.25) is 0 Å². The number of esters is 1. The third-order valence-electron chi connectivity index (χ3n) is 3.35. The zero-order valence-electron chi connectivity index (χ0n) is 12.2. The molecule has 1 aromatic rings. The molecule has 0 spiro atoms. The Balaban J connectivity index is 1.64. The molecule has 1 saturated carbocycles. The molecule has 2 rings (SSSR count). The molecule has 1 aliphatic rings. The zero-order valence-corrected chi connectivity index (χ0v) is 13.0. The summed E-state index contributed by atoms with van der Waals surface area (Å²) in [6, 6.07) is 0.799. The quantitative estimate of drug-likeness (QED) is 0.708. The number of likely N-dealkylation sites (N-methyl/N-ethyl adjacent to an activating group) is 1. The predicted octanol–water partition coefficient (Wildman–Crippen LogP) is 2.14. The van der Waals surface area contributed by atoms with Crippen LogP contribution in [0.15, 0.2) is 5.38 Å². The molecule has 1 aromatic heterocycles. The van der Waals surface area contributed by atoms with Gasteiger partial charge < -0.3 is 15.0 Å². The van der Waals surface area contributed by atoms with E-state index in [1.54, 1.807) is 11.3 Å². The first-order valence-corrected chi connectivity index (χ1v) is 8.11. The average Bonchev–Trinajstić information content (AvgIpc) is 3.18. The van der Waals surface area contributed by atoms with Gasteiger partial charge >= 0.3 is 5.97 Å². The van der Waals surface area contributed by atoms with Crippen LogP contribution in [-0.4, -0.2) is 48.6 Å². The largest absolute Gasteiger partial charge is 0.466 e. The van der Waals surface area contributed by atoms with Crippen molar-refractivity contribution in [1.82, 2.24) is 9.88 Å². The first-order chi connectivity index (χ1) is 9.69. The lowest BCUT2D eigenvalue weighted by atomic mass is 10.2. The molecule has 20 heavy (non-hydrogen) atoms. The molecular weight excluding hydrogens is 274 g/mol. The number of nitrogens with zero attached hydrogens (tertiary/aromatic N) is 2. The van der Waals surface area contributed by atoms with Crippen LogP contribution in [-0.2, 0) is 16.0 Å². The van der Waals surface area contributed by atoms with Crippen LogP contribution >= 0.6 is 11.3 Å². The highest BCUT2D eigenvalue weighted by atomic mass is 32.1. The van der Waals surface area contributed by atoms with Crippen molar-refractivity contribution in [2.75, 3.05) is 32.1 Å². The molecule has 0 amide bonds. The van der Waals surface area contributed by atoms with Gasteiger partial charge in [-0.2, -0.15) is 0 Å². The maximum absolute atomic E-state index is 11.3.